The molecule has 1 aliphatic rings. The molecule has 0 bridgehead atoms. The van der Waals surface area contributed by atoms with E-state index in [0.29, 0.717) is 6.04 Å². The van der Waals surface area contributed by atoms with E-state index >= 15 is 0 Å². The summed E-state index contributed by atoms with van der Waals surface area (Å²) in [6.45, 7) is 2.97. The average Bonchev–Trinajstić information content (AvgIpc) is 2.48. The Balaban J connectivity index is 2.03. The zero-order valence-electron chi connectivity index (χ0n) is 12.2. The Morgan fingerprint density at radius 2 is 1.84 bits per heavy atom. The van der Waals surface area contributed by atoms with E-state index in [1.54, 1.807) is 0 Å². The van der Waals surface area contributed by atoms with Gasteiger partial charge < -0.3 is 11.1 Å². The molecule has 106 valence electrons. The van der Waals surface area contributed by atoms with Crippen molar-refractivity contribution in [3.63, 3.8) is 0 Å². The van der Waals surface area contributed by atoms with Gasteiger partial charge in [0.25, 0.3) is 0 Å². The standard InChI is InChI=1S/C17H28N2/c1-2-17(14-18,13-15-9-5-3-6-10-15)19-16-11-7-4-8-12-16/h3,5-6,9-10,16,19H,2,4,7-8,11-14,18H2,1H3. The lowest BCUT2D eigenvalue weighted by molar-refractivity contribution is 0.242. The van der Waals surface area contributed by atoms with E-state index in [9.17, 15) is 0 Å². The van der Waals surface area contributed by atoms with Gasteiger partial charge in [-0.3, -0.25) is 0 Å². The zero-order valence-corrected chi connectivity index (χ0v) is 12.2. The van der Waals surface area contributed by atoms with Crippen LogP contribution in [0.15, 0.2) is 30.3 Å². The van der Waals surface area contributed by atoms with Crippen LogP contribution in [0.5, 0.6) is 0 Å². The van der Waals surface area contributed by atoms with Crippen LogP contribution >= 0.6 is 0 Å². The summed E-state index contributed by atoms with van der Waals surface area (Å²) in [7, 11) is 0. The van der Waals surface area contributed by atoms with Gasteiger partial charge >= 0.3 is 0 Å². The monoisotopic (exact) mass is 260 g/mol. The first-order valence-electron chi connectivity index (χ1n) is 7.80. The molecule has 1 aromatic rings. The van der Waals surface area contributed by atoms with Crippen LogP contribution in [-0.4, -0.2) is 18.1 Å². The highest BCUT2D eigenvalue weighted by Gasteiger charge is 2.30. The van der Waals surface area contributed by atoms with Gasteiger partial charge in [0.05, 0.1) is 0 Å². The van der Waals surface area contributed by atoms with Gasteiger partial charge in [-0.2, -0.15) is 0 Å². The molecule has 2 rings (SSSR count). The minimum absolute atomic E-state index is 0.0728. The van der Waals surface area contributed by atoms with E-state index in [2.05, 4.69) is 42.6 Å². The zero-order chi connectivity index (χ0) is 13.6. The molecule has 3 N–H and O–H groups in total. The van der Waals surface area contributed by atoms with Crippen LogP contribution in [0.1, 0.15) is 51.0 Å². The smallest absolute Gasteiger partial charge is 0.0344 e. The number of benzene rings is 1. The highest BCUT2D eigenvalue weighted by atomic mass is 15.0. The first-order chi connectivity index (χ1) is 9.28. The molecular weight excluding hydrogens is 232 g/mol. The molecule has 0 spiro atoms. The van der Waals surface area contributed by atoms with E-state index in [-0.39, 0.29) is 5.54 Å². The summed E-state index contributed by atoms with van der Waals surface area (Å²) >= 11 is 0. The SMILES string of the molecule is CCC(CN)(Cc1ccccc1)NC1CCCCC1. The van der Waals surface area contributed by atoms with Gasteiger partial charge in [0, 0.05) is 18.1 Å². The van der Waals surface area contributed by atoms with Crippen molar-refractivity contribution in [1.82, 2.24) is 5.32 Å². The van der Waals surface area contributed by atoms with Crippen LogP contribution in [0.2, 0.25) is 0 Å². The van der Waals surface area contributed by atoms with Crippen molar-refractivity contribution >= 4 is 0 Å². The quantitative estimate of drug-likeness (QED) is 0.824. The van der Waals surface area contributed by atoms with E-state index in [4.69, 9.17) is 5.73 Å². The summed E-state index contributed by atoms with van der Waals surface area (Å²) < 4.78 is 0. The van der Waals surface area contributed by atoms with Gasteiger partial charge in [0.15, 0.2) is 0 Å². The van der Waals surface area contributed by atoms with Crippen LogP contribution in [0, 0.1) is 0 Å². The van der Waals surface area contributed by atoms with E-state index in [1.165, 1.54) is 37.7 Å². The highest BCUT2D eigenvalue weighted by Crippen LogP contribution is 2.23. The van der Waals surface area contributed by atoms with Gasteiger partial charge in [-0.15, -0.1) is 0 Å². The Labute approximate surface area is 117 Å². The van der Waals surface area contributed by atoms with Crippen molar-refractivity contribution in [2.45, 2.75) is 63.5 Å². The minimum atomic E-state index is 0.0728. The maximum atomic E-state index is 6.12. The average molecular weight is 260 g/mol. The second kappa shape index (κ2) is 7.06. The van der Waals surface area contributed by atoms with Crippen molar-refractivity contribution < 1.29 is 0 Å². The van der Waals surface area contributed by atoms with Crippen LogP contribution in [0.4, 0.5) is 0 Å². The van der Waals surface area contributed by atoms with Crippen molar-refractivity contribution in [2.75, 3.05) is 6.54 Å². The fourth-order valence-electron chi connectivity index (χ4n) is 3.22. The molecular formula is C17H28N2. The number of hydrogen-bond donors (Lipinski definition) is 2. The third kappa shape index (κ3) is 4.05. The Bertz CT molecular complexity index is 351. The normalized spacial score (nSPS) is 20.1. The Morgan fingerprint density at radius 1 is 1.16 bits per heavy atom. The van der Waals surface area contributed by atoms with Gasteiger partial charge in [-0.25, -0.2) is 0 Å². The molecule has 0 heterocycles. The molecule has 1 aromatic carbocycles. The van der Waals surface area contributed by atoms with Crippen molar-refractivity contribution in [2.24, 2.45) is 5.73 Å². The highest BCUT2D eigenvalue weighted by molar-refractivity contribution is 5.18. The third-order valence-electron chi connectivity index (χ3n) is 4.57. The van der Waals surface area contributed by atoms with Crippen molar-refractivity contribution in [3.05, 3.63) is 35.9 Å². The summed E-state index contributed by atoms with van der Waals surface area (Å²) in [5, 5.41) is 3.89. The molecule has 1 unspecified atom stereocenters. The molecule has 0 radical (unpaired) electrons. The lowest BCUT2D eigenvalue weighted by Crippen LogP contribution is -2.56. The Hall–Kier alpha value is -0.860. The Morgan fingerprint density at radius 3 is 2.42 bits per heavy atom. The van der Waals surface area contributed by atoms with E-state index in [1.807, 2.05) is 0 Å². The lowest BCUT2D eigenvalue weighted by atomic mass is 9.85. The van der Waals surface area contributed by atoms with Crippen molar-refractivity contribution in [1.29, 1.82) is 0 Å². The predicted octanol–water partition coefficient (Wildman–Crippen LogP) is 3.26. The molecule has 19 heavy (non-hydrogen) atoms. The summed E-state index contributed by atoms with van der Waals surface area (Å²) in [5.41, 5.74) is 7.58. The number of rotatable bonds is 6. The lowest BCUT2D eigenvalue weighted by Gasteiger charge is -2.38. The maximum absolute atomic E-state index is 6.12. The van der Waals surface area contributed by atoms with E-state index < -0.39 is 0 Å². The number of nitrogens with one attached hydrogen (secondary N) is 1. The molecule has 1 saturated carbocycles. The molecule has 1 atom stereocenters. The predicted molar refractivity (Wildman–Crippen MR) is 82.2 cm³/mol. The molecule has 1 aliphatic carbocycles. The summed E-state index contributed by atoms with van der Waals surface area (Å²) in [6, 6.07) is 11.4. The van der Waals surface area contributed by atoms with Gasteiger partial charge in [0.1, 0.15) is 0 Å². The first kappa shape index (κ1) is 14.5. The molecule has 2 nitrogen and oxygen atoms in total. The number of nitrogens with two attached hydrogens (primary N) is 1. The maximum Gasteiger partial charge on any atom is 0.0344 e. The van der Waals surface area contributed by atoms with Gasteiger partial charge in [-0.05, 0) is 31.2 Å². The van der Waals surface area contributed by atoms with E-state index in [0.717, 1.165) is 19.4 Å². The minimum Gasteiger partial charge on any atom is -0.329 e. The second-order valence-corrected chi connectivity index (χ2v) is 5.98. The number of hydrogen-bond acceptors (Lipinski definition) is 2. The van der Waals surface area contributed by atoms with Gasteiger partial charge in [0.2, 0.25) is 0 Å². The summed E-state index contributed by atoms with van der Waals surface area (Å²) in [6.07, 6.45) is 8.90. The first-order valence-corrected chi connectivity index (χ1v) is 7.80. The topological polar surface area (TPSA) is 38.0 Å². The molecule has 1 fully saturated rings. The molecule has 0 aromatic heterocycles. The van der Waals surface area contributed by atoms with Crippen LogP contribution < -0.4 is 11.1 Å². The molecule has 0 aliphatic heterocycles. The summed E-state index contributed by atoms with van der Waals surface area (Å²) in [4.78, 5) is 0. The summed E-state index contributed by atoms with van der Waals surface area (Å²) in [5.74, 6) is 0. The van der Waals surface area contributed by atoms with Crippen LogP contribution in [0.3, 0.4) is 0 Å². The fourth-order valence-corrected chi connectivity index (χ4v) is 3.22. The van der Waals surface area contributed by atoms with Crippen molar-refractivity contribution in [3.8, 4) is 0 Å². The molecule has 0 saturated heterocycles. The van der Waals surface area contributed by atoms with Crippen LogP contribution in [-0.2, 0) is 6.42 Å². The largest absolute Gasteiger partial charge is 0.329 e. The second-order valence-electron chi connectivity index (χ2n) is 5.98. The molecule has 0 amide bonds. The Kier molecular flexibility index (Phi) is 5.41. The fraction of sp³-hybridized carbons (Fsp3) is 0.647. The van der Waals surface area contributed by atoms with Gasteiger partial charge in [-0.1, -0.05) is 56.5 Å². The van der Waals surface area contributed by atoms with Crippen LogP contribution in [0.25, 0.3) is 0 Å². The molecule has 2 heteroatoms. The third-order valence-corrected chi connectivity index (χ3v) is 4.57.